The summed E-state index contributed by atoms with van der Waals surface area (Å²) < 4.78 is 107. The van der Waals surface area contributed by atoms with Crippen LogP contribution in [0.25, 0.3) is 21.3 Å². The number of aryl methyl sites for hydroxylation is 1. The van der Waals surface area contributed by atoms with E-state index < -0.39 is 268 Å². The Kier molecular flexibility index (Phi) is 42.9. The van der Waals surface area contributed by atoms with E-state index in [1.54, 1.807) is 62.4 Å². The predicted octanol–water partition coefficient (Wildman–Crippen LogP) is -1.42. The number of azide groups is 1. The number of hydrogen-bond donors (Lipinski definition) is 14. The number of sulfone groups is 1. The Labute approximate surface area is 760 Å². The summed E-state index contributed by atoms with van der Waals surface area (Å²) in [5, 5.41) is 89.1. The maximum atomic E-state index is 15.4. The maximum Gasteiger partial charge on any atom is 0.501 e. The number of nitrogens with two attached hydrogens (primary N) is 1. The summed E-state index contributed by atoms with van der Waals surface area (Å²) in [7, 11) is -11.6. The number of aliphatic hydroxyl groups is 7. The van der Waals surface area contributed by atoms with Crippen LogP contribution < -0.4 is 45.4 Å². The quantitative estimate of drug-likeness (QED) is 0.00416. The molecule has 5 aromatic rings. The molecule has 2 saturated heterocycles. The number of ether oxygens (including phenoxy) is 5. The third kappa shape index (κ3) is 31.3. The summed E-state index contributed by atoms with van der Waals surface area (Å²) in [6, 6.07) is 12.6. The van der Waals surface area contributed by atoms with Crippen molar-refractivity contribution in [1.29, 1.82) is 0 Å². The first-order valence-corrected chi connectivity index (χ1v) is 45.6. The lowest BCUT2D eigenvalue weighted by Crippen LogP contribution is -2.60. The number of carbonyl (C=O) groups excluding carboxylic acids is 12. The highest BCUT2D eigenvalue weighted by atomic mass is 32.3. The summed E-state index contributed by atoms with van der Waals surface area (Å²) in [4.78, 5) is 172. The minimum absolute atomic E-state index is 0. The number of nitrogens with zero attached hydrogens (tertiary/aromatic N) is 4. The standard InChI is InChI=1S/C63H87N11O27S2.C21H20O4S.CH4.BH4/c1-4-31(2)53-60(90)67-25-51(83)69-41-30-102(92)61-39(18-34(58(88)66-26-52(84)71-53)19-45(80)54(32(3)46(81)28-75)72-59(89)42-23-36(77)27-74(42)62(91)35(20-44(41)79)22-50(64)82)38-9-8-37(24-40(38)70-61)100-103(93,94)101-48-21-33(7-10-47(48)98-63-57(87)56(86)55(85)49(29-76)99-63)43(78)6-5-12-95-14-16-97-17-15-96-13-11-68-73-65;1-3-4-5-20(22)17-8-10-18(11-9-17)21(23)14-15-26(24,25)19-12-6-16(2)7-13-19;;/h7-10,21,24,31-32,34-36,41-42,46,49,53-57,63,70,75-77,81,85-87H,4-6,11-20,22-23,25-30H2,1-3H3,(H2,64,82)(H,66,88)(H,67,90)(H,69,83)(H,71,84)(H,72,89);1,6-13H,4-5,14-15H2,2H3;2*1H4/q;;;-1/t31-,32-,34+,35-,36+,41-,42-,46-,49+,53-,54-,55-,56-,57+,63+,102?;;;/m0.../s1. The van der Waals surface area contributed by atoms with Crippen LogP contribution in [-0.4, -0.2) is 303 Å². The molecule has 9 rings (SSSR count). The van der Waals surface area contributed by atoms with Gasteiger partial charge in [0.15, 0.2) is 50.3 Å². The molecule has 4 aliphatic rings. The number of amides is 7. The van der Waals surface area contributed by atoms with Gasteiger partial charge in [-0.3, -0.25) is 61.7 Å². The Balaban J connectivity index is 0.000000806. The Morgan fingerprint density at radius 3 is 1.97 bits per heavy atom. The molecule has 0 aliphatic carbocycles. The lowest BCUT2D eigenvalue weighted by atomic mass is 9.85. The van der Waals surface area contributed by atoms with Gasteiger partial charge in [-0.1, -0.05) is 90.1 Å². The van der Waals surface area contributed by atoms with E-state index in [1.165, 1.54) is 19.1 Å². The van der Waals surface area contributed by atoms with E-state index in [2.05, 4.69) is 47.5 Å². The average Bonchev–Trinajstić information content (AvgIpc) is 1.61. The number of terminal acetylenes is 1. The number of aliphatic hydroxyl groups excluding tert-OH is 7. The zero-order valence-corrected chi connectivity index (χ0v) is 73.5. The largest absolute Gasteiger partial charge is 0.501 e. The molecular weight excluding hydrogens is 1780 g/mol. The number of H-pyrrole nitrogens is 1. The fourth-order valence-electron chi connectivity index (χ4n) is 14.3. The van der Waals surface area contributed by atoms with Crippen molar-refractivity contribution in [3.05, 3.63) is 123 Å². The van der Waals surface area contributed by atoms with Gasteiger partial charge < -0.3 is 110 Å². The number of carbonyl (C=O) groups is 12. The van der Waals surface area contributed by atoms with Crippen LogP contribution in [0, 0.1) is 42.9 Å². The minimum Gasteiger partial charge on any atom is -0.458 e. The highest BCUT2D eigenvalue weighted by molar-refractivity contribution is 7.91. The molecule has 0 spiro atoms. The molecule has 718 valence electrons. The molecule has 46 heteroatoms. The second-order valence-electron chi connectivity index (χ2n) is 31.1. The number of fused-ring (bicyclic) bond motifs is 5. The van der Waals surface area contributed by atoms with Crippen LogP contribution in [0.4, 0.5) is 0 Å². The van der Waals surface area contributed by atoms with Gasteiger partial charge in [0.1, 0.15) is 47.3 Å². The normalized spacial score (nSPS) is 23.2. The molecule has 2 bridgehead atoms. The van der Waals surface area contributed by atoms with Crippen LogP contribution in [0.3, 0.4) is 0 Å². The van der Waals surface area contributed by atoms with Crippen LogP contribution in [0.1, 0.15) is 135 Å². The highest BCUT2D eigenvalue weighted by Crippen LogP contribution is 2.37. The molecule has 0 radical (unpaired) electrons. The van der Waals surface area contributed by atoms with Crippen molar-refractivity contribution in [2.45, 2.75) is 183 Å². The van der Waals surface area contributed by atoms with Crippen molar-refractivity contribution in [2.75, 3.05) is 90.5 Å². The van der Waals surface area contributed by atoms with Crippen LogP contribution >= 0.6 is 0 Å². The van der Waals surface area contributed by atoms with Gasteiger partial charge in [0.25, 0.3) is 0 Å². The minimum atomic E-state index is -5.45. The lowest BCUT2D eigenvalue weighted by Gasteiger charge is -2.39. The third-order valence-electron chi connectivity index (χ3n) is 21.7. The van der Waals surface area contributed by atoms with Gasteiger partial charge in [-0.2, -0.15) is 0 Å². The fraction of sp³-hybridized carbons (Fsp3) is 0.529. The van der Waals surface area contributed by atoms with Crippen molar-refractivity contribution in [1.82, 2.24) is 36.5 Å². The SMILES string of the molecule is C.C#CCCC(=O)c1ccc(C(=O)CCS(=O)(=O)c2ccc(C)cc2)cc1.CC[C@H](C)[C@@H]1NC(=O)CNC(=O)[C@H]2CC(=O)[C@H]([C@@H](C)[C@@H](O)CO)NC(=O)[C@@H]3C[C@@H](O)CN3C(=O)[C@H](CC(N)=O)CC(=O)[C@H](CS(=O)c3[nH]c4cc(OS(=O)(=O)Oc5cc(C(=O)CCCOCCOCCOCCN=[N+]=[N-])ccc5O[C@@H]5O[C@H](CO)[C@H](O)[C@H](O)[C@H]5O)ccc4c3C2)NC(=O)CNC1=O.[BH4-]. The Hall–Kier alpha value is -11.0. The second kappa shape index (κ2) is 51.7. The molecule has 4 aliphatic heterocycles. The Morgan fingerprint density at radius 2 is 1.34 bits per heavy atom. The number of aromatic amines is 1. The molecule has 1 aromatic heterocycles. The number of Topliss-reactive ketones (excluding diaryl/α,β-unsaturated/α-hetero) is 5. The van der Waals surface area contributed by atoms with E-state index in [9.17, 15) is 105 Å². The number of rotatable bonds is 36. The van der Waals surface area contributed by atoms with E-state index in [0.717, 1.165) is 34.7 Å². The molecular formula is C85H115BN11O31S3-. The third-order valence-corrected chi connectivity index (χ3v) is 25.6. The zero-order chi connectivity index (χ0) is 94.6. The number of primary amides is 1. The van der Waals surface area contributed by atoms with Gasteiger partial charge in [0.2, 0.25) is 47.6 Å². The summed E-state index contributed by atoms with van der Waals surface area (Å²) >= 11 is 0. The van der Waals surface area contributed by atoms with Gasteiger partial charge in [0.05, 0.1) is 122 Å². The van der Waals surface area contributed by atoms with Crippen molar-refractivity contribution in [2.24, 2.45) is 34.5 Å². The number of benzene rings is 4. The van der Waals surface area contributed by atoms with Crippen LogP contribution in [-0.2, 0) is 99.6 Å². The van der Waals surface area contributed by atoms with Crippen molar-refractivity contribution < 1.29 is 146 Å². The topological polar surface area (TPSA) is 650 Å². The Bertz CT molecular complexity index is 5210. The van der Waals surface area contributed by atoms with Crippen LogP contribution in [0.15, 0.2) is 100.0 Å². The number of aromatic nitrogens is 1. The molecule has 15 N–H and O–H groups in total. The van der Waals surface area contributed by atoms with E-state index in [4.69, 9.17) is 49.7 Å². The molecule has 0 saturated carbocycles. The molecule has 7 amide bonds. The average molecular weight is 1890 g/mol. The number of nitrogens with one attached hydrogen (secondary N) is 6. The van der Waals surface area contributed by atoms with Gasteiger partial charge in [0, 0.05) is 116 Å². The maximum absolute atomic E-state index is 15.4. The number of hydrogen-bond acceptors (Lipinski definition) is 32. The van der Waals surface area contributed by atoms with Crippen LogP contribution in [0.5, 0.6) is 17.2 Å². The first kappa shape index (κ1) is 109. The monoisotopic (exact) mass is 1890 g/mol. The van der Waals surface area contributed by atoms with E-state index in [0.29, 0.717) is 24.0 Å². The van der Waals surface area contributed by atoms with Gasteiger partial charge in [-0.05, 0) is 79.2 Å². The molecule has 5 heterocycles. The van der Waals surface area contributed by atoms with Gasteiger partial charge in [-0.15, -0.1) is 20.8 Å². The summed E-state index contributed by atoms with van der Waals surface area (Å²) in [5.74, 6) is -16.3. The van der Waals surface area contributed by atoms with E-state index in [1.807, 2.05) is 6.92 Å². The lowest BCUT2D eigenvalue weighted by molar-refractivity contribution is -0.277. The fourth-order valence-corrected chi connectivity index (χ4v) is 17.7. The van der Waals surface area contributed by atoms with Crippen molar-refractivity contribution in [3.8, 4) is 29.6 Å². The molecule has 42 nitrogen and oxygen atoms in total. The summed E-state index contributed by atoms with van der Waals surface area (Å²) in [5.41, 5.74) is 15.4. The predicted molar refractivity (Wildman–Crippen MR) is 473 cm³/mol. The summed E-state index contributed by atoms with van der Waals surface area (Å²) in [6.45, 7) is 3.56. The molecule has 2 fully saturated rings. The van der Waals surface area contributed by atoms with Crippen LogP contribution in [0.2, 0.25) is 0 Å². The van der Waals surface area contributed by atoms with Gasteiger partial charge >= 0.3 is 10.4 Å². The van der Waals surface area contributed by atoms with Crippen molar-refractivity contribution in [3.63, 3.8) is 0 Å². The summed E-state index contributed by atoms with van der Waals surface area (Å²) in [6.07, 6.45) is -10.3. The highest BCUT2D eigenvalue weighted by Gasteiger charge is 2.48. The van der Waals surface area contributed by atoms with Gasteiger partial charge in [-0.25, -0.2) is 8.42 Å². The first-order valence-electron chi connectivity index (χ1n) is 41.3. The zero-order valence-electron chi connectivity index (χ0n) is 71.0. The molecule has 4 aromatic carbocycles. The Morgan fingerprint density at radius 1 is 0.725 bits per heavy atom. The van der Waals surface area contributed by atoms with Crippen molar-refractivity contribution >= 4 is 121 Å². The number of ketones is 5. The molecule has 131 heavy (non-hydrogen) atoms. The molecule has 16 atom stereocenters. The van der Waals surface area contributed by atoms with E-state index >= 15 is 9.00 Å². The smallest absolute Gasteiger partial charge is 0.458 e. The molecule has 1 unspecified atom stereocenters. The first-order chi connectivity index (χ1) is 61.3. The van der Waals surface area contributed by atoms with E-state index in [-0.39, 0.29) is 137 Å². The second-order valence-corrected chi connectivity index (χ2v) is 35.8.